The number of nitrogens with zero attached hydrogens (tertiary/aromatic N) is 2. The van der Waals surface area contributed by atoms with Gasteiger partial charge in [0.15, 0.2) is 0 Å². The fourth-order valence-corrected chi connectivity index (χ4v) is 5.14. The normalized spacial score (nSPS) is 19.7. The van der Waals surface area contributed by atoms with Gasteiger partial charge in [-0.2, -0.15) is 4.31 Å². The molecule has 2 aromatic rings. The Bertz CT molecular complexity index is 740. The highest BCUT2D eigenvalue weighted by atomic mass is 32.2. The van der Waals surface area contributed by atoms with Gasteiger partial charge in [-0.05, 0) is 29.1 Å². The monoisotopic (exact) mass is 352 g/mol. The maximum absolute atomic E-state index is 12.6. The second kappa shape index (κ2) is 6.60. The van der Waals surface area contributed by atoms with Gasteiger partial charge in [0.05, 0.1) is 12.7 Å². The standard InChI is InChI=1S/C16H20N2O3S2/c1-17(2)14-7-5-13(6-8-14)15-12-18(9-10-21-15)23(19,20)16-4-3-11-22-16/h3-8,11,15H,9-10,12H2,1-2H3. The van der Waals surface area contributed by atoms with Gasteiger partial charge >= 0.3 is 0 Å². The summed E-state index contributed by atoms with van der Waals surface area (Å²) in [7, 11) is 0.558. The van der Waals surface area contributed by atoms with Gasteiger partial charge in [-0.1, -0.05) is 18.2 Å². The highest BCUT2D eigenvalue weighted by Gasteiger charge is 2.32. The van der Waals surface area contributed by atoms with Gasteiger partial charge in [-0.3, -0.25) is 0 Å². The zero-order chi connectivity index (χ0) is 16.4. The van der Waals surface area contributed by atoms with Crippen LogP contribution in [0.2, 0.25) is 0 Å². The van der Waals surface area contributed by atoms with Crippen LogP contribution < -0.4 is 4.90 Å². The van der Waals surface area contributed by atoms with Gasteiger partial charge in [-0.15, -0.1) is 11.3 Å². The predicted octanol–water partition coefficient (Wildman–Crippen LogP) is 2.58. The third-order valence-corrected chi connectivity index (χ3v) is 7.14. The van der Waals surface area contributed by atoms with Crippen LogP contribution in [0.25, 0.3) is 0 Å². The fraction of sp³-hybridized carbons (Fsp3) is 0.375. The van der Waals surface area contributed by atoms with Crippen molar-refractivity contribution >= 4 is 27.0 Å². The molecule has 0 radical (unpaired) electrons. The van der Waals surface area contributed by atoms with E-state index >= 15 is 0 Å². The smallest absolute Gasteiger partial charge is 0.252 e. The molecule has 0 saturated carbocycles. The topological polar surface area (TPSA) is 49.9 Å². The summed E-state index contributed by atoms with van der Waals surface area (Å²) in [5, 5.41) is 1.78. The van der Waals surface area contributed by atoms with E-state index in [1.54, 1.807) is 17.5 Å². The highest BCUT2D eigenvalue weighted by Crippen LogP contribution is 2.29. The second-order valence-corrected chi connectivity index (χ2v) is 8.75. The van der Waals surface area contributed by atoms with Gasteiger partial charge in [0.2, 0.25) is 0 Å². The van der Waals surface area contributed by atoms with Gasteiger partial charge in [0.1, 0.15) is 4.21 Å². The number of ether oxygens (including phenoxy) is 1. The molecule has 1 aromatic carbocycles. The molecule has 1 aliphatic rings. The molecular weight excluding hydrogens is 332 g/mol. The van der Waals surface area contributed by atoms with Crippen molar-refractivity contribution in [1.29, 1.82) is 0 Å². The molecule has 1 atom stereocenters. The van der Waals surface area contributed by atoms with Crippen molar-refractivity contribution in [1.82, 2.24) is 4.31 Å². The number of thiophene rings is 1. The lowest BCUT2D eigenvalue weighted by Gasteiger charge is -2.32. The predicted molar refractivity (Wildman–Crippen MR) is 92.5 cm³/mol. The second-order valence-electron chi connectivity index (χ2n) is 5.64. The average Bonchev–Trinajstić information content (AvgIpc) is 3.10. The molecule has 2 heterocycles. The zero-order valence-electron chi connectivity index (χ0n) is 13.2. The third kappa shape index (κ3) is 3.42. The Balaban J connectivity index is 1.78. The molecule has 1 aromatic heterocycles. The summed E-state index contributed by atoms with van der Waals surface area (Å²) >= 11 is 1.25. The molecule has 0 amide bonds. The van der Waals surface area contributed by atoms with Crippen LogP contribution in [-0.2, 0) is 14.8 Å². The van der Waals surface area contributed by atoms with Crippen LogP contribution in [0.4, 0.5) is 5.69 Å². The van der Waals surface area contributed by atoms with Gasteiger partial charge in [-0.25, -0.2) is 8.42 Å². The number of hydrogen-bond donors (Lipinski definition) is 0. The molecule has 23 heavy (non-hydrogen) atoms. The molecule has 124 valence electrons. The Morgan fingerprint density at radius 3 is 2.57 bits per heavy atom. The van der Waals surface area contributed by atoms with Crippen molar-refractivity contribution in [3.8, 4) is 0 Å². The lowest BCUT2D eigenvalue weighted by Crippen LogP contribution is -2.41. The molecule has 7 heteroatoms. The van der Waals surface area contributed by atoms with E-state index < -0.39 is 10.0 Å². The van der Waals surface area contributed by atoms with Crippen LogP contribution in [0.1, 0.15) is 11.7 Å². The third-order valence-electron chi connectivity index (χ3n) is 3.90. The summed E-state index contributed by atoms with van der Waals surface area (Å²) in [6.07, 6.45) is -0.227. The van der Waals surface area contributed by atoms with E-state index in [2.05, 4.69) is 0 Å². The minimum absolute atomic E-state index is 0.227. The van der Waals surface area contributed by atoms with Crippen molar-refractivity contribution in [2.45, 2.75) is 10.3 Å². The number of anilines is 1. The molecule has 0 spiro atoms. The molecule has 0 aliphatic carbocycles. The maximum atomic E-state index is 12.6. The van der Waals surface area contributed by atoms with Crippen LogP contribution in [0, 0.1) is 0 Å². The first-order chi connectivity index (χ1) is 11.0. The molecule has 1 fully saturated rings. The molecule has 1 unspecified atom stereocenters. The lowest BCUT2D eigenvalue weighted by atomic mass is 10.1. The summed E-state index contributed by atoms with van der Waals surface area (Å²) in [6.45, 7) is 1.15. The van der Waals surface area contributed by atoms with E-state index in [9.17, 15) is 8.42 Å². The van der Waals surface area contributed by atoms with Crippen LogP contribution in [0.3, 0.4) is 0 Å². The molecule has 0 bridgehead atoms. The van der Waals surface area contributed by atoms with E-state index in [1.165, 1.54) is 15.6 Å². The molecule has 1 saturated heterocycles. The minimum atomic E-state index is -3.42. The SMILES string of the molecule is CN(C)c1ccc(C2CN(S(=O)(=O)c3cccs3)CCO2)cc1. The van der Waals surface area contributed by atoms with E-state index in [-0.39, 0.29) is 6.10 Å². The summed E-state index contributed by atoms with van der Waals surface area (Å²) in [4.78, 5) is 2.03. The van der Waals surface area contributed by atoms with Gasteiger partial charge < -0.3 is 9.64 Å². The summed E-state index contributed by atoms with van der Waals surface area (Å²) in [6, 6.07) is 11.4. The first kappa shape index (κ1) is 16.4. The zero-order valence-corrected chi connectivity index (χ0v) is 14.8. The Labute approximate surface area is 141 Å². The quantitative estimate of drug-likeness (QED) is 0.849. The van der Waals surface area contributed by atoms with E-state index in [0.717, 1.165) is 11.3 Å². The maximum Gasteiger partial charge on any atom is 0.252 e. The van der Waals surface area contributed by atoms with E-state index in [1.807, 2.05) is 43.3 Å². The summed E-state index contributed by atoms with van der Waals surface area (Å²) in [5.74, 6) is 0. The van der Waals surface area contributed by atoms with Crippen LogP contribution in [-0.4, -0.2) is 46.5 Å². The minimum Gasteiger partial charge on any atom is -0.378 e. The average molecular weight is 352 g/mol. The largest absolute Gasteiger partial charge is 0.378 e. The van der Waals surface area contributed by atoms with Gasteiger partial charge in [0, 0.05) is 32.9 Å². The lowest BCUT2D eigenvalue weighted by molar-refractivity contribution is -0.00249. The Morgan fingerprint density at radius 1 is 1.22 bits per heavy atom. The van der Waals surface area contributed by atoms with E-state index in [4.69, 9.17) is 4.74 Å². The van der Waals surface area contributed by atoms with Crippen LogP contribution in [0.15, 0.2) is 46.0 Å². The molecule has 1 aliphatic heterocycles. The van der Waals surface area contributed by atoms with Crippen LogP contribution >= 0.6 is 11.3 Å². The van der Waals surface area contributed by atoms with Crippen molar-refractivity contribution in [2.24, 2.45) is 0 Å². The molecule has 5 nitrogen and oxygen atoms in total. The van der Waals surface area contributed by atoms with Crippen molar-refractivity contribution in [3.63, 3.8) is 0 Å². The Morgan fingerprint density at radius 2 is 1.96 bits per heavy atom. The number of sulfonamides is 1. The molecule has 0 N–H and O–H groups in total. The number of hydrogen-bond acceptors (Lipinski definition) is 5. The number of rotatable bonds is 4. The first-order valence-electron chi connectivity index (χ1n) is 7.41. The van der Waals surface area contributed by atoms with E-state index in [0.29, 0.717) is 23.9 Å². The molecular formula is C16H20N2O3S2. The van der Waals surface area contributed by atoms with Crippen molar-refractivity contribution in [2.75, 3.05) is 38.7 Å². The Hall–Kier alpha value is -1.41. The number of morpholine rings is 1. The fourth-order valence-electron chi connectivity index (χ4n) is 2.57. The van der Waals surface area contributed by atoms with Gasteiger partial charge in [0.25, 0.3) is 10.0 Å². The summed E-state index contributed by atoms with van der Waals surface area (Å²) in [5.41, 5.74) is 2.11. The van der Waals surface area contributed by atoms with Crippen molar-refractivity contribution in [3.05, 3.63) is 47.3 Å². The first-order valence-corrected chi connectivity index (χ1v) is 9.73. The van der Waals surface area contributed by atoms with Crippen LogP contribution in [0.5, 0.6) is 0 Å². The number of benzene rings is 1. The van der Waals surface area contributed by atoms with Crippen molar-refractivity contribution < 1.29 is 13.2 Å². The summed E-state index contributed by atoms with van der Waals surface area (Å²) < 4.78 is 33.0. The molecule has 3 rings (SSSR count). The highest BCUT2D eigenvalue weighted by molar-refractivity contribution is 7.91. The Kier molecular flexibility index (Phi) is 4.72.